The van der Waals surface area contributed by atoms with Gasteiger partial charge in [0.05, 0.1) is 0 Å². The molecule has 1 unspecified atom stereocenters. The van der Waals surface area contributed by atoms with Gasteiger partial charge in [-0.05, 0) is 61.6 Å². The molecule has 230 valence electrons. The van der Waals surface area contributed by atoms with Gasteiger partial charge < -0.3 is 5.32 Å². The first-order chi connectivity index (χ1) is 24.3. The van der Waals surface area contributed by atoms with E-state index in [0.29, 0.717) is 0 Å². The van der Waals surface area contributed by atoms with Crippen molar-refractivity contribution in [3.05, 3.63) is 180 Å². The first kappa shape index (κ1) is 28.0. The predicted molar refractivity (Wildman–Crippen MR) is 209 cm³/mol. The van der Waals surface area contributed by atoms with E-state index >= 15 is 0 Å². The Kier molecular flexibility index (Phi) is 6.42. The zero-order valence-corrected chi connectivity index (χ0v) is 27.3. The van der Waals surface area contributed by atoms with E-state index < -0.39 is 6.17 Å². The summed E-state index contributed by atoms with van der Waals surface area (Å²) in [5.41, 5.74) is 5.56. The molecule has 0 spiro atoms. The molecule has 1 N–H and O–H groups in total. The molecule has 3 nitrogen and oxygen atoms in total. The average Bonchev–Trinajstić information content (AvgIpc) is 3.58. The second-order valence-corrected chi connectivity index (χ2v) is 13.7. The maximum Gasteiger partial charge on any atom is 0.171 e. The normalized spacial score (nSPS) is 14.7. The largest absolute Gasteiger partial charge is 0.324 e. The summed E-state index contributed by atoms with van der Waals surface area (Å²) in [5.74, 6) is 1.64. The number of fused-ring (bicyclic) bond motifs is 8. The summed E-state index contributed by atoms with van der Waals surface area (Å²) in [6, 6.07) is 58.5. The highest BCUT2D eigenvalue weighted by Gasteiger charge is 2.25. The third-order valence-corrected chi connectivity index (χ3v) is 10.9. The van der Waals surface area contributed by atoms with E-state index in [4.69, 9.17) is 9.98 Å². The second-order valence-electron chi connectivity index (χ2n) is 12.6. The lowest BCUT2D eigenvalue weighted by Gasteiger charge is -2.23. The molecule has 1 atom stereocenters. The van der Waals surface area contributed by atoms with Crippen LogP contribution in [0, 0.1) is 0 Å². The van der Waals surface area contributed by atoms with E-state index in [1.807, 2.05) is 17.4 Å². The van der Waals surface area contributed by atoms with E-state index in [-0.39, 0.29) is 0 Å². The molecule has 1 aromatic heterocycles. The number of hydrogen-bond acceptors (Lipinski definition) is 4. The van der Waals surface area contributed by atoms with Gasteiger partial charge in [0.1, 0.15) is 11.7 Å². The summed E-state index contributed by atoms with van der Waals surface area (Å²) in [7, 11) is 0. The van der Waals surface area contributed by atoms with Crippen molar-refractivity contribution in [3.8, 4) is 11.1 Å². The summed E-state index contributed by atoms with van der Waals surface area (Å²) >= 11 is 1.85. The van der Waals surface area contributed by atoms with Crippen LogP contribution in [-0.4, -0.2) is 11.7 Å². The third kappa shape index (κ3) is 4.72. The minimum absolute atomic E-state index is 0.418. The molecule has 1 aliphatic heterocycles. The fraction of sp³-hybridized carbons (Fsp3) is 0.0222. The van der Waals surface area contributed by atoms with E-state index in [9.17, 15) is 0 Å². The van der Waals surface area contributed by atoms with Crippen LogP contribution in [-0.2, 0) is 0 Å². The summed E-state index contributed by atoms with van der Waals surface area (Å²) in [6.07, 6.45) is -0.418. The Hall–Kier alpha value is -6.10. The van der Waals surface area contributed by atoms with Gasteiger partial charge in [-0.3, -0.25) is 0 Å². The van der Waals surface area contributed by atoms with E-state index in [1.54, 1.807) is 0 Å². The fourth-order valence-corrected chi connectivity index (χ4v) is 8.54. The number of aliphatic imine (C=N–C) groups is 2. The molecule has 9 aromatic rings. The van der Waals surface area contributed by atoms with Gasteiger partial charge in [-0.2, -0.15) is 0 Å². The maximum absolute atomic E-state index is 5.36. The van der Waals surface area contributed by atoms with Gasteiger partial charge in [-0.15, -0.1) is 11.3 Å². The Balaban J connectivity index is 1.15. The zero-order valence-electron chi connectivity index (χ0n) is 26.5. The Morgan fingerprint density at radius 2 is 1.00 bits per heavy atom. The SMILES string of the molecule is c1ccc(C2=NC(c3cc4ccccc4c4c3sc3ccc5ccccc5c34)N=C(c3ccc(-c4ccc5ccccc5c4)cc3)N2)cc1. The van der Waals surface area contributed by atoms with Gasteiger partial charge >= 0.3 is 0 Å². The topological polar surface area (TPSA) is 36.8 Å². The van der Waals surface area contributed by atoms with Gasteiger partial charge in [-0.25, -0.2) is 9.98 Å². The van der Waals surface area contributed by atoms with Crippen molar-refractivity contribution in [1.82, 2.24) is 5.32 Å². The predicted octanol–water partition coefficient (Wildman–Crippen LogP) is 11.7. The van der Waals surface area contributed by atoms with E-state index in [1.165, 1.54) is 63.6 Å². The smallest absolute Gasteiger partial charge is 0.171 e. The number of benzene rings is 8. The Morgan fingerprint density at radius 1 is 0.429 bits per heavy atom. The highest BCUT2D eigenvalue weighted by atomic mass is 32.1. The van der Waals surface area contributed by atoms with Crippen molar-refractivity contribution < 1.29 is 0 Å². The monoisotopic (exact) mass is 643 g/mol. The molecule has 0 bridgehead atoms. The third-order valence-electron chi connectivity index (χ3n) is 9.69. The number of thiophene rings is 1. The molecule has 10 rings (SSSR count). The summed E-state index contributed by atoms with van der Waals surface area (Å²) in [6.45, 7) is 0. The van der Waals surface area contributed by atoms with Crippen LogP contribution in [0.4, 0.5) is 0 Å². The molecule has 0 amide bonds. The van der Waals surface area contributed by atoms with Crippen LogP contribution < -0.4 is 5.32 Å². The first-order valence-electron chi connectivity index (χ1n) is 16.6. The molecule has 0 aliphatic carbocycles. The first-order valence-corrected chi connectivity index (χ1v) is 17.4. The van der Waals surface area contributed by atoms with Crippen LogP contribution in [0.3, 0.4) is 0 Å². The lowest BCUT2D eigenvalue weighted by molar-refractivity contribution is 0.764. The van der Waals surface area contributed by atoms with Crippen molar-refractivity contribution in [2.45, 2.75) is 6.17 Å². The molecule has 8 aromatic carbocycles. The Labute approximate surface area is 287 Å². The lowest BCUT2D eigenvalue weighted by atomic mass is 9.96. The van der Waals surface area contributed by atoms with Gasteiger partial charge in [0.25, 0.3) is 0 Å². The molecule has 2 heterocycles. The van der Waals surface area contributed by atoms with Crippen LogP contribution in [0.5, 0.6) is 0 Å². The maximum atomic E-state index is 5.36. The minimum Gasteiger partial charge on any atom is -0.324 e. The summed E-state index contributed by atoms with van der Waals surface area (Å²) in [5, 5.41) is 13.7. The molecule has 49 heavy (non-hydrogen) atoms. The minimum atomic E-state index is -0.418. The number of nitrogens with one attached hydrogen (secondary N) is 1. The molecule has 0 saturated carbocycles. The highest BCUT2D eigenvalue weighted by Crippen LogP contribution is 2.46. The van der Waals surface area contributed by atoms with Gasteiger partial charge in [0.15, 0.2) is 6.17 Å². The highest BCUT2D eigenvalue weighted by molar-refractivity contribution is 7.26. The van der Waals surface area contributed by atoms with Gasteiger partial charge in [-0.1, -0.05) is 146 Å². The molecule has 4 heteroatoms. The second kappa shape index (κ2) is 11.3. The van der Waals surface area contributed by atoms with Crippen LogP contribution in [0.15, 0.2) is 174 Å². The Bertz CT molecular complexity index is 2790. The van der Waals surface area contributed by atoms with E-state index in [2.05, 4.69) is 163 Å². The average molecular weight is 644 g/mol. The summed E-state index contributed by atoms with van der Waals surface area (Å²) < 4.78 is 2.52. The summed E-state index contributed by atoms with van der Waals surface area (Å²) in [4.78, 5) is 10.7. The van der Waals surface area contributed by atoms with E-state index in [0.717, 1.165) is 28.4 Å². The Morgan fingerprint density at radius 3 is 1.78 bits per heavy atom. The molecular weight excluding hydrogens is 615 g/mol. The van der Waals surface area contributed by atoms with Gasteiger partial charge in [0.2, 0.25) is 0 Å². The molecule has 1 aliphatic rings. The molecule has 0 radical (unpaired) electrons. The van der Waals surface area contributed by atoms with Crippen molar-refractivity contribution in [2.24, 2.45) is 9.98 Å². The molecular formula is C45H29N3S. The van der Waals surface area contributed by atoms with Crippen molar-refractivity contribution in [2.75, 3.05) is 0 Å². The van der Waals surface area contributed by atoms with Crippen molar-refractivity contribution in [3.63, 3.8) is 0 Å². The lowest BCUT2D eigenvalue weighted by Crippen LogP contribution is -2.36. The fourth-order valence-electron chi connectivity index (χ4n) is 7.27. The number of hydrogen-bond donors (Lipinski definition) is 1. The standard InChI is InChI=1S/C45H29N3S/c1-2-12-31(13-3-1)43-46-44(32-21-18-29(19-22-32)34-23-20-28-10-4-5-14-33(28)26-34)48-45(47-43)38-27-35-15-7-9-17-37(35)41-40-36-16-8-6-11-30(36)24-25-39(40)49-42(38)41/h1-27,45H,(H,46,47,48). The van der Waals surface area contributed by atoms with Gasteiger partial charge in [0, 0.05) is 36.9 Å². The van der Waals surface area contributed by atoms with Crippen LogP contribution in [0.1, 0.15) is 22.9 Å². The molecule has 0 saturated heterocycles. The zero-order chi connectivity index (χ0) is 32.3. The number of rotatable bonds is 4. The number of amidine groups is 2. The van der Waals surface area contributed by atoms with Crippen LogP contribution in [0.25, 0.3) is 63.6 Å². The molecule has 0 fully saturated rings. The van der Waals surface area contributed by atoms with Crippen molar-refractivity contribution >= 4 is 75.5 Å². The van der Waals surface area contributed by atoms with Crippen LogP contribution in [0.2, 0.25) is 0 Å². The van der Waals surface area contributed by atoms with Crippen LogP contribution >= 0.6 is 11.3 Å². The van der Waals surface area contributed by atoms with Crippen molar-refractivity contribution in [1.29, 1.82) is 0 Å². The number of nitrogens with zero attached hydrogens (tertiary/aromatic N) is 2. The quantitative estimate of drug-likeness (QED) is 0.204.